The van der Waals surface area contributed by atoms with E-state index in [0.29, 0.717) is 96.6 Å². The summed E-state index contributed by atoms with van der Waals surface area (Å²) in [6.45, 7) is 19.3. The van der Waals surface area contributed by atoms with E-state index in [1.807, 2.05) is 51.1 Å². The van der Waals surface area contributed by atoms with E-state index in [-0.39, 0.29) is 17.6 Å². The molecule has 8 rings (SSSR count). The molecule has 1 aromatic heterocycles. The summed E-state index contributed by atoms with van der Waals surface area (Å²) in [5.74, 6) is -0.492. The molecular formula is C51H66FN9O6S. The zero-order valence-corrected chi connectivity index (χ0v) is 41.4. The van der Waals surface area contributed by atoms with Crippen LogP contribution in [0.1, 0.15) is 130 Å². The van der Waals surface area contributed by atoms with Crippen LogP contribution in [0.4, 0.5) is 38.9 Å². The van der Waals surface area contributed by atoms with Crippen LogP contribution < -0.4 is 25.6 Å². The normalized spacial score (nSPS) is 18.4. The van der Waals surface area contributed by atoms with Crippen molar-refractivity contribution < 1.29 is 31.9 Å². The van der Waals surface area contributed by atoms with Gasteiger partial charge in [0.25, 0.3) is 11.8 Å². The van der Waals surface area contributed by atoms with E-state index in [2.05, 4.69) is 50.0 Å². The van der Waals surface area contributed by atoms with Gasteiger partial charge in [-0.05, 0) is 167 Å². The Morgan fingerprint density at radius 2 is 1.62 bits per heavy atom. The third-order valence-corrected chi connectivity index (χ3v) is 16.3. The van der Waals surface area contributed by atoms with Crippen LogP contribution in [0.2, 0.25) is 0 Å². The van der Waals surface area contributed by atoms with Crippen LogP contribution in [-0.2, 0) is 26.0 Å². The van der Waals surface area contributed by atoms with Gasteiger partial charge in [-0.15, -0.1) is 0 Å². The van der Waals surface area contributed by atoms with Crippen LogP contribution in [0.3, 0.4) is 0 Å². The minimum atomic E-state index is -3.56. The molecule has 68 heavy (non-hydrogen) atoms. The molecule has 1 unspecified atom stereocenters. The largest absolute Gasteiger partial charge is 0.379 e. The van der Waals surface area contributed by atoms with Crippen LogP contribution in [0.25, 0.3) is 0 Å². The summed E-state index contributed by atoms with van der Waals surface area (Å²) in [6, 6.07) is 15.4. The van der Waals surface area contributed by atoms with Crippen LogP contribution in [0, 0.1) is 12.7 Å². The van der Waals surface area contributed by atoms with Crippen molar-refractivity contribution in [3.8, 4) is 0 Å². The number of imide groups is 1. The monoisotopic (exact) mass is 951 g/mol. The first kappa shape index (κ1) is 48.8. The smallest absolute Gasteiger partial charge is 0.264 e. The molecule has 17 heteroatoms. The van der Waals surface area contributed by atoms with Gasteiger partial charge in [-0.3, -0.25) is 23.6 Å². The zero-order valence-electron chi connectivity index (χ0n) is 40.6. The number of hydrogen-bond acceptors (Lipinski definition) is 12. The minimum absolute atomic E-state index is 0.0986. The van der Waals surface area contributed by atoms with Gasteiger partial charge in [-0.1, -0.05) is 18.2 Å². The quantitative estimate of drug-likeness (QED) is 0.0790. The molecule has 4 aromatic rings. The first-order chi connectivity index (χ1) is 32.1. The molecule has 364 valence electrons. The lowest BCUT2D eigenvalue weighted by molar-refractivity contribution is -0.126. The highest BCUT2D eigenvalue weighted by molar-refractivity contribution is 7.94. The number of nitrogens with one attached hydrogen (secondary N) is 4. The van der Waals surface area contributed by atoms with Crippen LogP contribution in [-0.4, -0.2) is 107 Å². The van der Waals surface area contributed by atoms with Gasteiger partial charge in [0, 0.05) is 60.6 Å². The van der Waals surface area contributed by atoms with Crippen LogP contribution >= 0.6 is 0 Å². The number of hydrogen-bond donors (Lipinski definition) is 4. The number of carbonyl (C=O) groups is 3. The minimum Gasteiger partial charge on any atom is -0.379 e. The van der Waals surface area contributed by atoms with E-state index in [1.54, 1.807) is 45.2 Å². The summed E-state index contributed by atoms with van der Waals surface area (Å²) in [7, 11) is -3.56. The maximum atomic E-state index is 15.8. The number of benzene rings is 3. The van der Waals surface area contributed by atoms with Crippen molar-refractivity contribution in [3.63, 3.8) is 0 Å². The van der Waals surface area contributed by atoms with E-state index in [9.17, 15) is 22.8 Å². The molecule has 4 N–H and O–H groups in total. The second-order valence-electron chi connectivity index (χ2n) is 20.9. The fourth-order valence-corrected chi connectivity index (χ4v) is 10.9. The summed E-state index contributed by atoms with van der Waals surface area (Å²) in [6.07, 6.45) is 6.64. The number of nitrogens with zero attached hydrogens (tertiary/aromatic N) is 5. The van der Waals surface area contributed by atoms with Gasteiger partial charge in [0.1, 0.15) is 17.7 Å². The lowest BCUT2D eigenvalue weighted by atomic mass is 9.88. The SMILES string of the molecule is Cc1cnc(Nc2ccc(C3CCN(CCC(C)(C)OCCC(C)(C)Nc4cccc5c4C(=O)N(C4CCCNC4=O)C5=O)CC3)c(F)c2)nc1Nc1ccc2c(c1)N(S(=O)(=O)C(C)(C)C)CC2. The highest BCUT2D eigenvalue weighted by Gasteiger charge is 2.45. The van der Waals surface area contributed by atoms with Gasteiger partial charge in [0.2, 0.25) is 21.9 Å². The molecule has 0 bridgehead atoms. The molecule has 5 heterocycles. The molecule has 0 radical (unpaired) electrons. The molecule has 3 amide bonds. The number of aromatic nitrogens is 2. The third-order valence-electron chi connectivity index (χ3n) is 13.8. The first-order valence-corrected chi connectivity index (χ1v) is 25.3. The third kappa shape index (κ3) is 10.3. The lowest BCUT2D eigenvalue weighted by Gasteiger charge is -2.35. The van der Waals surface area contributed by atoms with Gasteiger partial charge in [0.05, 0.1) is 27.2 Å². The fourth-order valence-electron chi connectivity index (χ4n) is 9.51. The Morgan fingerprint density at radius 1 is 0.882 bits per heavy atom. The second kappa shape index (κ2) is 19.0. The van der Waals surface area contributed by atoms with Crippen molar-refractivity contribution in [3.05, 3.63) is 94.4 Å². The molecule has 0 saturated carbocycles. The van der Waals surface area contributed by atoms with Crippen molar-refractivity contribution in [1.82, 2.24) is 25.1 Å². The number of anilines is 6. The van der Waals surface area contributed by atoms with Gasteiger partial charge in [0.15, 0.2) is 0 Å². The second-order valence-corrected chi connectivity index (χ2v) is 23.5. The van der Waals surface area contributed by atoms with Crippen molar-refractivity contribution in [2.24, 2.45) is 0 Å². The van der Waals surface area contributed by atoms with Crippen LogP contribution in [0.5, 0.6) is 0 Å². The summed E-state index contributed by atoms with van der Waals surface area (Å²) in [4.78, 5) is 52.2. The van der Waals surface area contributed by atoms with Crippen molar-refractivity contribution >= 4 is 62.3 Å². The summed E-state index contributed by atoms with van der Waals surface area (Å²) in [5.41, 5.74) is 4.70. The molecule has 0 aliphatic carbocycles. The number of fused-ring (bicyclic) bond motifs is 2. The molecule has 3 aromatic carbocycles. The Kier molecular flexibility index (Phi) is 13.7. The summed E-state index contributed by atoms with van der Waals surface area (Å²) >= 11 is 0. The molecule has 15 nitrogen and oxygen atoms in total. The average Bonchev–Trinajstić information content (AvgIpc) is 3.82. The fraction of sp³-hybridized carbons (Fsp3) is 0.510. The number of carbonyl (C=O) groups excluding carboxylic acids is 3. The number of aryl methyl sites for hydroxylation is 1. The maximum Gasteiger partial charge on any atom is 0.264 e. The molecule has 2 saturated heterocycles. The number of rotatable bonds is 16. The number of piperidine rings is 2. The Hall–Kier alpha value is -5.65. The lowest BCUT2D eigenvalue weighted by Crippen LogP contribution is -2.52. The number of ether oxygens (including phenoxy) is 1. The van der Waals surface area contributed by atoms with Crippen molar-refractivity contribution in [1.29, 1.82) is 0 Å². The number of amides is 3. The van der Waals surface area contributed by atoms with E-state index < -0.39 is 43.8 Å². The van der Waals surface area contributed by atoms with Crippen molar-refractivity contribution in [2.75, 3.05) is 59.6 Å². The highest BCUT2D eigenvalue weighted by atomic mass is 32.2. The van der Waals surface area contributed by atoms with E-state index in [1.165, 1.54) is 10.4 Å². The summed E-state index contributed by atoms with van der Waals surface area (Å²) in [5, 5.41) is 12.8. The van der Waals surface area contributed by atoms with Gasteiger partial charge in [-0.2, -0.15) is 4.98 Å². The predicted octanol–water partition coefficient (Wildman–Crippen LogP) is 8.42. The molecule has 2 fully saturated rings. The number of likely N-dealkylation sites (tertiary alicyclic amines) is 1. The zero-order chi connectivity index (χ0) is 48.8. The Morgan fingerprint density at radius 3 is 2.34 bits per heavy atom. The maximum absolute atomic E-state index is 15.8. The predicted molar refractivity (Wildman–Crippen MR) is 264 cm³/mol. The standard InChI is InChI=1S/C51H66FN9O6S/c1-32-31-54-48(57-44(32)55-36-15-14-34-20-26-60(42(34)30-36)68(65,66)49(2,3)4)56-35-16-17-37(39(52)29-35)33-18-24-59(25-19-33)27-21-51(7,8)67-28-22-50(5,6)58-40-12-9-11-38-43(40)47(64)61(46(38)63)41-13-10-23-53-45(41)62/h9,11-12,14-17,29-31,33,41,58H,10,13,18-28H2,1-8H3,(H,53,62)(H2,54,55,56,57). The Balaban J connectivity index is 0.796. The Labute approximate surface area is 400 Å². The van der Waals surface area contributed by atoms with E-state index >= 15 is 4.39 Å². The van der Waals surface area contributed by atoms with Gasteiger partial charge >= 0.3 is 0 Å². The van der Waals surface area contributed by atoms with E-state index in [0.717, 1.165) is 54.9 Å². The molecule has 4 aliphatic rings. The molecule has 4 aliphatic heterocycles. The highest BCUT2D eigenvalue weighted by Crippen LogP contribution is 2.38. The summed E-state index contributed by atoms with van der Waals surface area (Å²) < 4.78 is 49.4. The molecule has 1 atom stereocenters. The van der Waals surface area contributed by atoms with Gasteiger partial charge < -0.3 is 30.9 Å². The molecule has 0 spiro atoms. The first-order valence-electron chi connectivity index (χ1n) is 23.9. The average molecular weight is 952 g/mol. The van der Waals surface area contributed by atoms with Crippen molar-refractivity contribution in [2.45, 2.75) is 128 Å². The number of sulfonamides is 1. The van der Waals surface area contributed by atoms with Gasteiger partial charge in [-0.25, -0.2) is 17.8 Å². The number of halogens is 1. The Bertz CT molecular complexity index is 2700. The topological polar surface area (TPSA) is 178 Å². The van der Waals surface area contributed by atoms with E-state index in [4.69, 9.17) is 4.74 Å². The molecular weight excluding hydrogens is 886 g/mol. The van der Waals surface area contributed by atoms with Crippen LogP contribution in [0.15, 0.2) is 60.8 Å².